The lowest BCUT2D eigenvalue weighted by Gasteiger charge is -2.27. The van der Waals surface area contributed by atoms with Gasteiger partial charge in [-0.3, -0.25) is 4.79 Å². The molecule has 0 aliphatic carbocycles. The van der Waals surface area contributed by atoms with Gasteiger partial charge in [-0.1, -0.05) is 18.2 Å². The van der Waals surface area contributed by atoms with Gasteiger partial charge in [0.15, 0.2) is 6.17 Å². The Morgan fingerprint density at radius 3 is 2.50 bits per heavy atom. The van der Waals surface area contributed by atoms with Gasteiger partial charge in [0.25, 0.3) is 5.91 Å². The van der Waals surface area contributed by atoms with Crippen LogP contribution in [0.3, 0.4) is 0 Å². The second-order valence-corrected chi connectivity index (χ2v) is 7.28. The quantitative estimate of drug-likeness (QED) is 0.775. The van der Waals surface area contributed by atoms with Gasteiger partial charge in [-0.05, 0) is 43.2 Å². The maximum atomic E-state index is 13.4. The predicted octanol–water partition coefficient (Wildman–Crippen LogP) is 2.11. The van der Waals surface area contributed by atoms with E-state index in [4.69, 9.17) is 0 Å². The highest BCUT2D eigenvalue weighted by Gasteiger charge is 2.33. The Morgan fingerprint density at radius 1 is 1.17 bits per heavy atom. The van der Waals surface area contributed by atoms with E-state index >= 15 is 0 Å². The van der Waals surface area contributed by atoms with Crippen molar-refractivity contribution >= 4 is 27.3 Å². The monoisotopic (exact) mass is 349 g/mol. The molecule has 6 nitrogen and oxygen atoms in total. The number of amides is 1. The molecule has 0 aromatic heterocycles. The lowest BCUT2D eigenvalue weighted by Crippen LogP contribution is -2.51. The molecule has 2 aromatic carbocycles. The van der Waals surface area contributed by atoms with E-state index in [1.54, 1.807) is 0 Å². The van der Waals surface area contributed by atoms with Gasteiger partial charge < -0.3 is 10.6 Å². The summed E-state index contributed by atoms with van der Waals surface area (Å²) in [5.74, 6) is -1.17. The van der Waals surface area contributed by atoms with Gasteiger partial charge in [-0.25, -0.2) is 12.8 Å². The fraction of sp³-hybridized carbons (Fsp3) is 0.188. The Kier molecular flexibility index (Phi) is 4.02. The summed E-state index contributed by atoms with van der Waals surface area (Å²) in [6.45, 7) is 3.68. The van der Waals surface area contributed by atoms with Crippen molar-refractivity contribution in [3.05, 3.63) is 53.3 Å². The number of benzene rings is 2. The van der Waals surface area contributed by atoms with Gasteiger partial charge in [0.2, 0.25) is 10.0 Å². The minimum absolute atomic E-state index is 0.0513. The summed E-state index contributed by atoms with van der Waals surface area (Å²) in [4.78, 5) is 12.4. The lowest BCUT2D eigenvalue weighted by molar-refractivity contribution is -0.117. The van der Waals surface area contributed by atoms with E-state index in [-0.39, 0.29) is 10.6 Å². The molecule has 0 saturated heterocycles. The van der Waals surface area contributed by atoms with E-state index in [0.29, 0.717) is 5.69 Å². The van der Waals surface area contributed by atoms with Crippen molar-refractivity contribution in [3.8, 4) is 0 Å². The zero-order valence-corrected chi connectivity index (χ0v) is 13.9. The van der Waals surface area contributed by atoms with Crippen LogP contribution in [0.1, 0.15) is 11.1 Å². The molecule has 0 spiro atoms. The maximum absolute atomic E-state index is 13.4. The summed E-state index contributed by atoms with van der Waals surface area (Å²) in [6.07, 6.45) is -1.23. The largest absolute Gasteiger partial charge is 0.360 e. The Bertz CT molecular complexity index is 908. The van der Waals surface area contributed by atoms with Crippen LogP contribution in [0.5, 0.6) is 0 Å². The van der Waals surface area contributed by atoms with Crippen molar-refractivity contribution in [1.29, 1.82) is 0 Å². The van der Waals surface area contributed by atoms with Crippen LogP contribution in [-0.4, -0.2) is 20.5 Å². The van der Waals surface area contributed by atoms with Crippen LogP contribution in [0.15, 0.2) is 41.3 Å². The zero-order chi connectivity index (χ0) is 17.5. The third kappa shape index (κ3) is 2.98. The average Bonchev–Trinajstić information content (AvgIpc) is 2.49. The van der Waals surface area contributed by atoms with E-state index in [2.05, 4.69) is 15.4 Å². The van der Waals surface area contributed by atoms with Crippen LogP contribution in [-0.2, 0) is 14.8 Å². The molecule has 1 aliphatic rings. The first-order valence-electron chi connectivity index (χ1n) is 7.23. The molecule has 24 heavy (non-hydrogen) atoms. The third-order valence-electron chi connectivity index (χ3n) is 3.80. The summed E-state index contributed by atoms with van der Waals surface area (Å²) in [5, 5.41) is 5.42. The number of carbonyl (C=O) groups excluding carboxylic acids is 1. The molecule has 1 atom stereocenters. The minimum atomic E-state index is -3.91. The Hall–Kier alpha value is -2.45. The molecule has 1 unspecified atom stereocenters. The molecule has 126 valence electrons. The first kappa shape index (κ1) is 16.4. The summed E-state index contributed by atoms with van der Waals surface area (Å²) in [6, 6.07) is 8.79. The van der Waals surface area contributed by atoms with E-state index in [9.17, 15) is 17.6 Å². The van der Waals surface area contributed by atoms with E-state index in [1.807, 2.05) is 32.0 Å². The molecular weight excluding hydrogens is 333 g/mol. The normalized spacial score (nSPS) is 18.4. The second kappa shape index (κ2) is 5.88. The van der Waals surface area contributed by atoms with Crippen LogP contribution in [0.2, 0.25) is 0 Å². The van der Waals surface area contributed by atoms with Gasteiger partial charge in [-0.15, -0.1) is 0 Å². The fourth-order valence-electron chi connectivity index (χ4n) is 2.58. The first-order valence-corrected chi connectivity index (χ1v) is 8.72. The first-order chi connectivity index (χ1) is 11.3. The number of nitrogens with one attached hydrogen (secondary N) is 3. The zero-order valence-electron chi connectivity index (χ0n) is 13.1. The lowest BCUT2D eigenvalue weighted by atomic mass is 10.1. The molecule has 3 N–H and O–H groups in total. The van der Waals surface area contributed by atoms with E-state index < -0.39 is 27.9 Å². The van der Waals surface area contributed by atoms with Gasteiger partial charge in [0.1, 0.15) is 10.7 Å². The number of aryl methyl sites for hydroxylation is 2. The van der Waals surface area contributed by atoms with Crippen molar-refractivity contribution in [3.63, 3.8) is 0 Å². The van der Waals surface area contributed by atoms with Crippen LogP contribution in [0.4, 0.5) is 15.8 Å². The summed E-state index contributed by atoms with van der Waals surface area (Å²) < 4.78 is 40.1. The summed E-state index contributed by atoms with van der Waals surface area (Å²) >= 11 is 0. The predicted molar refractivity (Wildman–Crippen MR) is 88.7 cm³/mol. The number of sulfonamides is 1. The molecule has 0 bridgehead atoms. The maximum Gasteiger partial charge on any atom is 0.262 e. The van der Waals surface area contributed by atoms with Crippen molar-refractivity contribution in [2.75, 3.05) is 10.6 Å². The van der Waals surface area contributed by atoms with Crippen LogP contribution >= 0.6 is 0 Å². The van der Waals surface area contributed by atoms with Crippen molar-refractivity contribution < 1.29 is 17.6 Å². The average molecular weight is 349 g/mol. The SMILES string of the molecule is Cc1cccc(C)c1NC(=O)C1Nc2cc(F)ccc2S(=O)(=O)N1. The van der Waals surface area contributed by atoms with Crippen LogP contribution in [0, 0.1) is 19.7 Å². The smallest absolute Gasteiger partial charge is 0.262 e. The summed E-state index contributed by atoms with van der Waals surface area (Å²) in [5.41, 5.74) is 2.38. The highest BCUT2D eigenvalue weighted by molar-refractivity contribution is 7.89. The van der Waals surface area contributed by atoms with Gasteiger partial charge >= 0.3 is 0 Å². The number of fused-ring (bicyclic) bond motifs is 1. The Morgan fingerprint density at radius 2 is 1.83 bits per heavy atom. The number of para-hydroxylation sites is 1. The minimum Gasteiger partial charge on any atom is -0.360 e. The standard InChI is InChI=1S/C16H16FN3O3S/c1-9-4-3-5-10(2)14(9)19-16(21)15-18-12-8-11(17)6-7-13(12)24(22,23)20-15/h3-8,15,18,20H,1-2H3,(H,19,21). The van der Waals surface area contributed by atoms with Crippen LogP contribution in [0.25, 0.3) is 0 Å². The Balaban J connectivity index is 1.90. The topological polar surface area (TPSA) is 87.3 Å². The van der Waals surface area contributed by atoms with Gasteiger partial charge in [0, 0.05) is 5.69 Å². The number of rotatable bonds is 2. The highest BCUT2D eigenvalue weighted by Crippen LogP contribution is 2.27. The Labute approximate surface area is 139 Å². The molecule has 8 heteroatoms. The van der Waals surface area contributed by atoms with Crippen molar-refractivity contribution in [2.45, 2.75) is 24.9 Å². The number of hydrogen-bond acceptors (Lipinski definition) is 4. The number of carbonyl (C=O) groups is 1. The third-order valence-corrected chi connectivity index (χ3v) is 5.28. The molecule has 0 saturated carbocycles. The van der Waals surface area contributed by atoms with Crippen molar-refractivity contribution in [2.24, 2.45) is 0 Å². The highest BCUT2D eigenvalue weighted by atomic mass is 32.2. The molecule has 3 rings (SSSR count). The van der Waals surface area contributed by atoms with Gasteiger partial charge in [0.05, 0.1) is 5.69 Å². The molecule has 1 heterocycles. The summed E-state index contributed by atoms with van der Waals surface area (Å²) in [7, 11) is -3.91. The molecular formula is C16H16FN3O3S. The second-order valence-electron chi connectivity index (χ2n) is 5.60. The van der Waals surface area contributed by atoms with E-state index in [1.165, 1.54) is 0 Å². The molecule has 0 fully saturated rings. The van der Waals surface area contributed by atoms with E-state index in [0.717, 1.165) is 29.3 Å². The molecule has 1 amide bonds. The van der Waals surface area contributed by atoms with Crippen LogP contribution < -0.4 is 15.4 Å². The number of anilines is 2. The molecule has 0 radical (unpaired) electrons. The molecule has 2 aromatic rings. The number of hydrogen-bond donors (Lipinski definition) is 3. The van der Waals surface area contributed by atoms with Crippen molar-refractivity contribution in [1.82, 2.24) is 4.72 Å². The fourth-order valence-corrected chi connectivity index (χ4v) is 3.84. The number of halogens is 1. The van der Waals surface area contributed by atoms with Gasteiger partial charge in [-0.2, -0.15) is 4.72 Å². The molecule has 1 aliphatic heterocycles.